The number of phenols is 2. The summed E-state index contributed by atoms with van der Waals surface area (Å²) < 4.78 is 0. The molecule has 0 saturated carbocycles. The molecular weight excluding hydrogens is 268 g/mol. The zero-order valence-corrected chi connectivity index (χ0v) is 11.1. The third-order valence-corrected chi connectivity index (χ3v) is 4.63. The SMILES string of the molecule is Oc1cc(O)c2c(c1)Sc1cccc(Cl)c1CC2. The minimum absolute atomic E-state index is 0.0872. The van der Waals surface area contributed by atoms with Crippen LogP contribution in [0.1, 0.15) is 11.1 Å². The largest absolute Gasteiger partial charge is 0.508 e. The molecule has 18 heavy (non-hydrogen) atoms. The minimum atomic E-state index is 0.0872. The van der Waals surface area contributed by atoms with Crippen molar-refractivity contribution in [3.8, 4) is 11.5 Å². The van der Waals surface area contributed by atoms with Crippen LogP contribution in [0.2, 0.25) is 5.02 Å². The summed E-state index contributed by atoms with van der Waals surface area (Å²) in [5, 5.41) is 20.2. The van der Waals surface area contributed by atoms with Gasteiger partial charge < -0.3 is 10.2 Å². The lowest BCUT2D eigenvalue weighted by Crippen LogP contribution is -1.92. The molecule has 0 radical (unpaired) electrons. The van der Waals surface area contributed by atoms with Crippen molar-refractivity contribution in [2.24, 2.45) is 0 Å². The molecule has 2 aromatic carbocycles. The Morgan fingerprint density at radius 1 is 1.00 bits per heavy atom. The van der Waals surface area contributed by atoms with E-state index in [0.29, 0.717) is 0 Å². The summed E-state index contributed by atoms with van der Waals surface area (Å²) in [6, 6.07) is 8.89. The maximum absolute atomic E-state index is 9.90. The van der Waals surface area contributed by atoms with Gasteiger partial charge in [0, 0.05) is 26.4 Å². The molecule has 0 unspecified atom stereocenters. The number of benzene rings is 2. The van der Waals surface area contributed by atoms with Gasteiger partial charge >= 0.3 is 0 Å². The Morgan fingerprint density at radius 2 is 1.78 bits per heavy atom. The van der Waals surface area contributed by atoms with Gasteiger partial charge in [-0.15, -0.1) is 0 Å². The van der Waals surface area contributed by atoms with Gasteiger partial charge in [0.25, 0.3) is 0 Å². The van der Waals surface area contributed by atoms with Crippen molar-refractivity contribution < 1.29 is 10.2 Å². The number of hydrogen-bond donors (Lipinski definition) is 2. The summed E-state index contributed by atoms with van der Waals surface area (Å²) in [5.74, 6) is 0.241. The monoisotopic (exact) mass is 278 g/mol. The third kappa shape index (κ3) is 1.93. The maximum Gasteiger partial charge on any atom is 0.123 e. The van der Waals surface area contributed by atoms with Gasteiger partial charge in [-0.05, 0) is 36.6 Å². The molecule has 2 nitrogen and oxygen atoms in total. The predicted molar refractivity (Wildman–Crippen MR) is 72.8 cm³/mol. The smallest absolute Gasteiger partial charge is 0.123 e. The zero-order valence-electron chi connectivity index (χ0n) is 9.48. The van der Waals surface area contributed by atoms with Crippen LogP contribution in [0, 0.1) is 0 Å². The maximum atomic E-state index is 9.90. The van der Waals surface area contributed by atoms with Crippen LogP contribution in [0.5, 0.6) is 11.5 Å². The molecule has 1 heterocycles. The molecule has 92 valence electrons. The number of aromatic hydroxyl groups is 2. The number of hydrogen-bond acceptors (Lipinski definition) is 3. The molecule has 0 spiro atoms. The number of rotatable bonds is 0. The quantitative estimate of drug-likeness (QED) is 0.765. The molecule has 0 saturated heterocycles. The summed E-state index contributed by atoms with van der Waals surface area (Å²) >= 11 is 7.74. The average molecular weight is 279 g/mol. The number of fused-ring (bicyclic) bond motifs is 2. The number of halogens is 1. The van der Waals surface area contributed by atoms with Crippen LogP contribution in [-0.4, -0.2) is 10.2 Å². The Labute approximate surface area is 114 Å². The molecule has 4 heteroatoms. The fraction of sp³-hybridized carbons (Fsp3) is 0.143. The topological polar surface area (TPSA) is 40.5 Å². The van der Waals surface area contributed by atoms with Gasteiger partial charge in [0.05, 0.1) is 0 Å². The van der Waals surface area contributed by atoms with E-state index >= 15 is 0 Å². The normalized spacial score (nSPS) is 13.6. The Morgan fingerprint density at radius 3 is 2.61 bits per heavy atom. The fourth-order valence-corrected chi connectivity index (χ4v) is 3.76. The lowest BCUT2D eigenvalue weighted by atomic mass is 10.0. The molecule has 0 fully saturated rings. The van der Waals surface area contributed by atoms with Crippen molar-refractivity contribution in [2.75, 3.05) is 0 Å². The van der Waals surface area contributed by atoms with Gasteiger partial charge in [0.15, 0.2) is 0 Å². The second-order valence-corrected chi connectivity index (χ2v) is 5.75. The molecule has 2 N–H and O–H groups in total. The van der Waals surface area contributed by atoms with E-state index in [2.05, 4.69) is 0 Å². The van der Waals surface area contributed by atoms with Crippen LogP contribution in [0.15, 0.2) is 40.1 Å². The molecule has 3 rings (SSSR count). The first-order valence-electron chi connectivity index (χ1n) is 5.65. The highest BCUT2D eigenvalue weighted by Crippen LogP contribution is 2.43. The molecule has 1 aliphatic heterocycles. The molecule has 0 aromatic heterocycles. The summed E-state index contributed by atoms with van der Waals surface area (Å²) in [5.41, 5.74) is 1.99. The van der Waals surface area contributed by atoms with Crippen molar-refractivity contribution in [3.63, 3.8) is 0 Å². The summed E-state index contributed by atoms with van der Waals surface area (Å²) in [6.07, 6.45) is 1.53. The Bertz CT molecular complexity index is 625. The zero-order chi connectivity index (χ0) is 12.7. The van der Waals surface area contributed by atoms with E-state index in [-0.39, 0.29) is 11.5 Å². The van der Waals surface area contributed by atoms with E-state index in [4.69, 9.17) is 11.6 Å². The van der Waals surface area contributed by atoms with Crippen LogP contribution >= 0.6 is 23.4 Å². The highest BCUT2D eigenvalue weighted by Gasteiger charge is 2.19. The Hall–Kier alpha value is -1.32. The van der Waals surface area contributed by atoms with Crippen LogP contribution in [-0.2, 0) is 12.8 Å². The first-order valence-corrected chi connectivity index (χ1v) is 6.84. The molecule has 1 aliphatic rings. The van der Waals surface area contributed by atoms with E-state index in [1.165, 1.54) is 6.07 Å². The summed E-state index contributed by atoms with van der Waals surface area (Å²) in [6.45, 7) is 0. The predicted octanol–water partition coefficient (Wildman–Crippen LogP) is 4.00. The fourth-order valence-electron chi connectivity index (χ4n) is 2.20. The van der Waals surface area contributed by atoms with Crippen LogP contribution in [0.25, 0.3) is 0 Å². The van der Waals surface area contributed by atoms with Gasteiger partial charge in [-0.2, -0.15) is 0 Å². The van der Waals surface area contributed by atoms with Crippen molar-refractivity contribution in [1.29, 1.82) is 0 Å². The van der Waals surface area contributed by atoms with E-state index in [1.54, 1.807) is 17.8 Å². The van der Waals surface area contributed by atoms with Crippen molar-refractivity contribution in [2.45, 2.75) is 22.6 Å². The van der Waals surface area contributed by atoms with Gasteiger partial charge in [0.1, 0.15) is 11.5 Å². The molecule has 0 bridgehead atoms. The lowest BCUT2D eigenvalue weighted by Gasteiger charge is -2.08. The van der Waals surface area contributed by atoms with Crippen LogP contribution < -0.4 is 0 Å². The van der Waals surface area contributed by atoms with Gasteiger partial charge in [-0.1, -0.05) is 29.4 Å². The highest BCUT2D eigenvalue weighted by atomic mass is 35.5. The van der Waals surface area contributed by atoms with Gasteiger partial charge in [-0.25, -0.2) is 0 Å². The Balaban J connectivity index is 2.15. The second-order valence-electron chi connectivity index (χ2n) is 4.26. The van der Waals surface area contributed by atoms with Gasteiger partial charge in [0.2, 0.25) is 0 Å². The second kappa shape index (κ2) is 4.41. The van der Waals surface area contributed by atoms with E-state index in [1.807, 2.05) is 18.2 Å². The van der Waals surface area contributed by atoms with E-state index in [0.717, 1.165) is 38.8 Å². The molecule has 0 amide bonds. The standard InChI is InChI=1S/C14H11ClO2S/c15-11-2-1-3-13-9(11)4-5-10-12(17)6-8(16)7-14(10)18-13/h1-3,6-7,16-17H,4-5H2. The molecule has 2 aromatic rings. The van der Waals surface area contributed by atoms with Crippen LogP contribution in [0.3, 0.4) is 0 Å². The molecule has 0 aliphatic carbocycles. The number of phenolic OH excluding ortho intramolecular Hbond substituents is 2. The molecule has 0 atom stereocenters. The molecular formula is C14H11ClO2S. The first kappa shape index (κ1) is 11.8. The van der Waals surface area contributed by atoms with E-state index < -0.39 is 0 Å². The van der Waals surface area contributed by atoms with Crippen molar-refractivity contribution in [3.05, 3.63) is 46.5 Å². The van der Waals surface area contributed by atoms with Crippen molar-refractivity contribution >= 4 is 23.4 Å². The summed E-state index contributed by atoms with van der Waals surface area (Å²) in [7, 11) is 0. The first-order chi connectivity index (χ1) is 8.65. The average Bonchev–Trinajstić information content (AvgIpc) is 2.48. The van der Waals surface area contributed by atoms with E-state index in [9.17, 15) is 10.2 Å². The van der Waals surface area contributed by atoms with Crippen LogP contribution in [0.4, 0.5) is 0 Å². The Kier molecular flexibility index (Phi) is 2.88. The third-order valence-electron chi connectivity index (χ3n) is 3.09. The highest BCUT2D eigenvalue weighted by molar-refractivity contribution is 7.99. The summed E-state index contributed by atoms with van der Waals surface area (Å²) in [4.78, 5) is 1.99. The lowest BCUT2D eigenvalue weighted by molar-refractivity contribution is 0.442. The van der Waals surface area contributed by atoms with Gasteiger partial charge in [-0.3, -0.25) is 0 Å². The minimum Gasteiger partial charge on any atom is -0.508 e. The van der Waals surface area contributed by atoms with Crippen molar-refractivity contribution in [1.82, 2.24) is 0 Å².